The van der Waals surface area contributed by atoms with E-state index < -0.39 is 0 Å². The summed E-state index contributed by atoms with van der Waals surface area (Å²) in [5, 5.41) is 5.96. The molecule has 0 atom stereocenters. The van der Waals surface area contributed by atoms with Crippen molar-refractivity contribution >= 4 is 17.5 Å². The van der Waals surface area contributed by atoms with Gasteiger partial charge >= 0.3 is 0 Å². The monoisotopic (exact) mass is 396 g/mol. The summed E-state index contributed by atoms with van der Waals surface area (Å²) < 4.78 is 10.6. The van der Waals surface area contributed by atoms with Crippen molar-refractivity contribution in [2.75, 3.05) is 25.6 Å². The summed E-state index contributed by atoms with van der Waals surface area (Å²) in [4.78, 5) is 25.3. The lowest BCUT2D eigenvalue weighted by atomic mass is 9.95. The minimum Gasteiger partial charge on any atom is -0.490 e. The zero-order valence-electron chi connectivity index (χ0n) is 16.8. The molecule has 0 saturated heterocycles. The van der Waals surface area contributed by atoms with Crippen LogP contribution in [0.3, 0.4) is 0 Å². The van der Waals surface area contributed by atoms with Crippen molar-refractivity contribution in [2.45, 2.75) is 38.1 Å². The first-order chi connectivity index (χ1) is 14.2. The molecule has 1 fully saturated rings. The molecule has 2 aromatic rings. The number of hydrogen-bond acceptors (Lipinski definition) is 4. The zero-order valence-corrected chi connectivity index (χ0v) is 16.8. The highest BCUT2D eigenvalue weighted by atomic mass is 16.5. The Bertz CT molecular complexity index is 831. The maximum atomic E-state index is 12.7. The lowest BCUT2D eigenvalue weighted by Gasteiger charge is -2.22. The van der Waals surface area contributed by atoms with E-state index in [1.807, 2.05) is 6.07 Å². The van der Waals surface area contributed by atoms with Gasteiger partial charge in [-0.15, -0.1) is 0 Å². The van der Waals surface area contributed by atoms with Crippen molar-refractivity contribution in [3.05, 3.63) is 59.7 Å². The number of carbonyl (C=O) groups is 2. The van der Waals surface area contributed by atoms with Crippen LogP contribution in [0.5, 0.6) is 5.75 Å². The molecule has 2 aromatic carbocycles. The van der Waals surface area contributed by atoms with Crippen molar-refractivity contribution in [3.63, 3.8) is 0 Å². The molecule has 0 radical (unpaired) electrons. The second-order valence-corrected chi connectivity index (χ2v) is 7.18. The van der Waals surface area contributed by atoms with Crippen molar-refractivity contribution in [2.24, 2.45) is 0 Å². The summed E-state index contributed by atoms with van der Waals surface area (Å²) in [5.74, 6) is 0.104. The highest BCUT2D eigenvalue weighted by Crippen LogP contribution is 2.21. The predicted octanol–water partition coefficient (Wildman–Crippen LogP) is 4.03. The first kappa shape index (κ1) is 20.9. The Kier molecular flexibility index (Phi) is 7.64. The molecule has 2 N–H and O–H groups in total. The largest absolute Gasteiger partial charge is 0.490 e. The minimum absolute atomic E-state index is 0.101. The van der Waals surface area contributed by atoms with Crippen molar-refractivity contribution in [3.8, 4) is 5.75 Å². The molecule has 1 saturated carbocycles. The number of ether oxygens (including phenoxy) is 2. The summed E-state index contributed by atoms with van der Waals surface area (Å²) in [6, 6.07) is 14.3. The number of rotatable bonds is 8. The van der Waals surface area contributed by atoms with Crippen LogP contribution < -0.4 is 15.4 Å². The van der Waals surface area contributed by atoms with Crippen molar-refractivity contribution < 1.29 is 19.1 Å². The second-order valence-electron chi connectivity index (χ2n) is 7.18. The number of methoxy groups -OCH3 is 1. The molecule has 0 heterocycles. The number of anilines is 1. The normalized spacial score (nSPS) is 14.2. The summed E-state index contributed by atoms with van der Waals surface area (Å²) >= 11 is 0. The highest BCUT2D eigenvalue weighted by Gasteiger charge is 2.17. The number of carbonyl (C=O) groups excluding carboxylic acids is 2. The molecule has 0 aliphatic heterocycles. The molecule has 0 bridgehead atoms. The third-order valence-electron chi connectivity index (χ3n) is 5.00. The smallest absolute Gasteiger partial charge is 0.259 e. The van der Waals surface area contributed by atoms with Crippen molar-refractivity contribution in [1.29, 1.82) is 0 Å². The van der Waals surface area contributed by atoms with E-state index in [2.05, 4.69) is 10.6 Å². The van der Waals surface area contributed by atoms with Crippen LogP contribution in [0.2, 0.25) is 0 Å². The van der Waals surface area contributed by atoms with E-state index in [1.54, 1.807) is 49.6 Å². The summed E-state index contributed by atoms with van der Waals surface area (Å²) in [5.41, 5.74) is 1.54. The summed E-state index contributed by atoms with van der Waals surface area (Å²) in [6.07, 6.45) is 5.62. The Labute approximate surface area is 171 Å². The molecule has 6 heteroatoms. The lowest BCUT2D eigenvalue weighted by Crippen LogP contribution is -2.36. The van der Waals surface area contributed by atoms with Gasteiger partial charge in [-0.3, -0.25) is 9.59 Å². The maximum absolute atomic E-state index is 12.7. The fourth-order valence-corrected chi connectivity index (χ4v) is 3.47. The molecule has 1 aliphatic rings. The van der Waals surface area contributed by atoms with Gasteiger partial charge in [0.1, 0.15) is 12.4 Å². The fourth-order valence-electron chi connectivity index (χ4n) is 3.47. The molecule has 6 nitrogen and oxygen atoms in total. The van der Waals surface area contributed by atoms with Gasteiger partial charge in [0.25, 0.3) is 11.8 Å². The van der Waals surface area contributed by atoms with Crippen LogP contribution in [-0.2, 0) is 4.74 Å². The molecule has 1 aliphatic carbocycles. The minimum atomic E-state index is -0.289. The van der Waals surface area contributed by atoms with Crippen LogP contribution in [0.15, 0.2) is 48.5 Å². The van der Waals surface area contributed by atoms with Gasteiger partial charge in [0.2, 0.25) is 0 Å². The van der Waals surface area contributed by atoms with E-state index in [9.17, 15) is 9.59 Å². The lowest BCUT2D eigenvalue weighted by molar-refractivity contribution is 0.0926. The van der Waals surface area contributed by atoms with Gasteiger partial charge in [0.15, 0.2) is 0 Å². The van der Waals surface area contributed by atoms with E-state index in [4.69, 9.17) is 9.47 Å². The molecule has 3 rings (SSSR count). The number of amides is 2. The Balaban J connectivity index is 1.65. The predicted molar refractivity (Wildman–Crippen MR) is 113 cm³/mol. The van der Waals surface area contributed by atoms with Gasteiger partial charge < -0.3 is 20.1 Å². The molecule has 0 aromatic heterocycles. The number of nitrogens with one attached hydrogen (secondary N) is 2. The van der Waals surface area contributed by atoms with Crippen LogP contribution in [-0.4, -0.2) is 38.2 Å². The topological polar surface area (TPSA) is 76.7 Å². The van der Waals surface area contributed by atoms with E-state index >= 15 is 0 Å². The molecular formula is C23H28N2O4. The van der Waals surface area contributed by atoms with Crippen LogP contribution >= 0.6 is 0 Å². The van der Waals surface area contributed by atoms with Crippen molar-refractivity contribution in [1.82, 2.24) is 5.32 Å². The average Bonchev–Trinajstić information content (AvgIpc) is 2.75. The standard InChI is InChI=1S/C23H28N2O4/c1-28-14-15-29-21-13-6-5-12-20(21)23(27)25-19-11-7-8-17(16-19)22(26)24-18-9-3-2-4-10-18/h5-8,11-13,16,18H,2-4,9-10,14-15H2,1H3,(H,24,26)(H,25,27). The van der Waals surface area contributed by atoms with Gasteiger partial charge in [-0.25, -0.2) is 0 Å². The Morgan fingerprint density at radius 1 is 0.966 bits per heavy atom. The van der Waals surface area contributed by atoms with Gasteiger partial charge in [0.05, 0.1) is 12.2 Å². The van der Waals surface area contributed by atoms with E-state index in [0.29, 0.717) is 35.8 Å². The van der Waals surface area contributed by atoms with Crippen LogP contribution in [0, 0.1) is 0 Å². The Hall–Kier alpha value is -2.86. The van der Waals surface area contributed by atoms with E-state index in [0.717, 1.165) is 25.7 Å². The van der Waals surface area contributed by atoms with Gasteiger partial charge in [-0.2, -0.15) is 0 Å². The van der Waals surface area contributed by atoms with Crippen LogP contribution in [0.1, 0.15) is 52.8 Å². The molecular weight excluding hydrogens is 368 g/mol. The molecule has 0 unspecified atom stereocenters. The summed E-state index contributed by atoms with van der Waals surface area (Å²) in [7, 11) is 1.60. The number of hydrogen-bond donors (Lipinski definition) is 2. The van der Waals surface area contributed by atoms with Gasteiger partial charge in [0, 0.05) is 24.4 Å². The average molecular weight is 396 g/mol. The molecule has 29 heavy (non-hydrogen) atoms. The molecule has 0 spiro atoms. The Morgan fingerprint density at radius 3 is 2.55 bits per heavy atom. The number of para-hydroxylation sites is 1. The van der Waals surface area contributed by atoms with Gasteiger partial charge in [-0.05, 0) is 43.2 Å². The highest BCUT2D eigenvalue weighted by molar-refractivity contribution is 6.06. The zero-order chi connectivity index (χ0) is 20.5. The molecule has 2 amide bonds. The second kappa shape index (κ2) is 10.6. The number of benzene rings is 2. The quantitative estimate of drug-likeness (QED) is 0.661. The van der Waals surface area contributed by atoms with Gasteiger partial charge in [-0.1, -0.05) is 37.5 Å². The third kappa shape index (κ3) is 6.06. The molecule has 154 valence electrons. The first-order valence-corrected chi connectivity index (χ1v) is 10.1. The SMILES string of the molecule is COCCOc1ccccc1C(=O)Nc1cccc(C(=O)NC2CCCCC2)c1. The summed E-state index contributed by atoms with van der Waals surface area (Å²) in [6.45, 7) is 0.797. The maximum Gasteiger partial charge on any atom is 0.259 e. The Morgan fingerprint density at radius 2 is 1.76 bits per heavy atom. The van der Waals surface area contributed by atoms with E-state index in [-0.39, 0.29) is 17.9 Å². The van der Waals surface area contributed by atoms with Crippen LogP contribution in [0.4, 0.5) is 5.69 Å². The fraction of sp³-hybridized carbons (Fsp3) is 0.391. The third-order valence-corrected chi connectivity index (χ3v) is 5.00. The van der Waals surface area contributed by atoms with E-state index in [1.165, 1.54) is 6.42 Å². The van der Waals surface area contributed by atoms with Crippen LogP contribution in [0.25, 0.3) is 0 Å². The first-order valence-electron chi connectivity index (χ1n) is 10.1.